The molecule has 0 bridgehead atoms. The fourth-order valence-electron chi connectivity index (χ4n) is 8.85. The molecule has 0 aromatic rings. The number of imide groups is 2. The molecular weight excluding hydrogens is 737 g/mol. The second-order valence-corrected chi connectivity index (χ2v) is 23.9. The molecule has 2 fully saturated rings. The molecule has 0 aromatic heterocycles. The summed E-state index contributed by atoms with van der Waals surface area (Å²) in [4.78, 5) is 80.3. The fraction of sp³-hybridized carbons (Fsp3) is 0.870. The fourth-order valence-corrected chi connectivity index (χ4v) is 8.85. The lowest BCUT2D eigenvalue weighted by molar-refractivity contribution is -0.149. The minimum Gasteiger partial charge on any atom is -0.380 e. The summed E-state index contributed by atoms with van der Waals surface area (Å²) in [6.45, 7) is 40.9. The molecule has 2 rings (SSSR count). The average molecular weight is 819 g/mol. The number of hydrogen-bond acceptors (Lipinski definition) is 8. The maximum absolute atomic E-state index is 13.8. The van der Waals surface area contributed by atoms with E-state index in [0.29, 0.717) is 39.1 Å². The summed E-state index contributed by atoms with van der Waals surface area (Å²) in [6.07, 6.45) is 1.93. The van der Waals surface area contributed by atoms with Crippen LogP contribution in [0.15, 0.2) is 0 Å². The number of likely N-dealkylation sites (tertiary alicyclic amines) is 2. The van der Waals surface area contributed by atoms with Crippen LogP contribution in [0.25, 0.3) is 0 Å². The van der Waals surface area contributed by atoms with Gasteiger partial charge in [0, 0.05) is 58.7 Å². The van der Waals surface area contributed by atoms with Crippen LogP contribution in [0.5, 0.6) is 0 Å². The highest BCUT2D eigenvalue weighted by molar-refractivity contribution is 6.04. The van der Waals surface area contributed by atoms with E-state index in [-0.39, 0.29) is 82.9 Å². The lowest BCUT2D eigenvalue weighted by Gasteiger charge is -2.47. The van der Waals surface area contributed by atoms with Crippen LogP contribution in [0.4, 0.5) is 0 Å². The second-order valence-electron chi connectivity index (χ2n) is 23.9. The zero-order chi connectivity index (χ0) is 45.5. The quantitative estimate of drug-likeness (QED) is 0.113. The zero-order valence-electron chi connectivity index (χ0n) is 40.2. The highest BCUT2D eigenvalue weighted by Crippen LogP contribution is 2.45. The van der Waals surface area contributed by atoms with Gasteiger partial charge in [-0.2, -0.15) is 0 Å². The third-order valence-corrected chi connectivity index (χ3v) is 12.4. The molecule has 2 heterocycles. The number of carbonyl (C=O) groups is 6. The Kier molecular flexibility index (Phi) is 15.3. The first-order valence-electron chi connectivity index (χ1n) is 21.3. The van der Waals surface area contributed by atoms with Gasteiger partial charge in [0.15, 0.2) is 0 Å². The highest BCUT2D eigenvalue weighted by atomic mass is 16.5. The van der Waals surface area contributed by atoms with Crippen LogP contribution >= 0.6 is 0 Å². The smallest absolute Gasteiger partial charge is 0.233 e. The molecule has 2 unspecified atom stereocenters. The monoisotopic (exact) mass is 819 g/mol. The third kappa shape index (κ3) is 13.3. The minimum atomic E-state index is -0.962. The molecule has 0 aromatic carbocycles. The molecule has 12 nitrogen and oxygen atoms in total. The summed E-state index contributed by atoms with van der Waals surface area (Å²) in [5, 5.41) is 6.45. The second kappa shape index (κ2) is 17.3. The molecule has 12 heteroatoms. The predicted molar refractivity (Wildman–Crippen MR) is 228 cm³/mol. The Bertz CT molecular complexity index is 1570. The summed E-state index contributed by atoms with van der Waals surface area (Å²) in [5.41, 5.74) is -5.20. The zero-order valence-corrected chi connectivity index (χ0v) is 40.2. The standard InChI is InChI=1S/C46H82N4O8/c1-30-21-32(51)49(34(30)53)26-40(7,8)37(56)48-44(15,16)25-46(19,20)58-28-38(3,4)27-57-29-42(11,12)41(9,10)24-43(13,14)47-36(55)39(5,6)23-45(17,18)50-33(52)22-31(2)35(50)54/h30-31H,21-29H2,1-20H3,(H,47,55)(H,48,56). The van der Waals surface area contributed by atoms with Gasteiger partial charge in [-0.05, 0) is 99.3 Å². The number of nitrogens with one attached hydrogen (secondary N) is 2. The van der Waals surface area contributed by atoms with Gasteiger partial charge in [-0.1, -0.05) is 69.2 Å². The predicted octanol–water partition coefficient (Wildman–Crippen LogP) is 7.46. The minimum absolute atomic E-state index is 0.0402. The first-order valence-corrected chi connectivity index (χ1v) is 21.3. The van der Waals surface area contributed by atoms with Gasteiger partial charge in [0.1, 0.15) is 0 Å². The molecule has 334 valence electrons. The Hall–Kier alpha value is -2.86. The molecule has 0 radical (unpaired) electrons. The third-order valence-electron chi connectivity index (χ3n) is 12.4. The molecule has 0 spiro atoms. The van der Waals surface area contributed by atoms with E-state index >= 15 is 0 Å². The Balaban J connectivity index is 1.94. The molecule has 0 aliphatic carbocycles. The molecule has 58 heavy (non-hydrogen) atoms. The summed E-state index contributed by atoms with van der Waals surface area (Å²) in [7, 11) is 0. The van der Waals surface area contributed by atoms with E-state index in [4.69, 9.17) is 9.47 Å². The van der Waals surface area contributed by atoms with E-state index in [0.717, 1.165) is 0 Å². The van der Waals surface area contributed by atoms with Crippen molar-refractivity contribution in [3.63, 3.8) is 0 Å². The maximum atomic E-state index is 13.8. The van der Waals surface area contributed by atoms with E-state index in [9.17, 15) is 28.8 Å². The van der Waals surface area contributed by atoms with E-state index in [1.54, 1.807) is 27.7 Å². The van der Waals surface area contributed by atoms with Gasteiger partial charge in [-0.25, -0.2) is 0 Å². The number of amides is 6. The number of rotatable bonds is 21. The van der Waals surface area contributed by atoms with Gasteiger partial charge in [0.2, 0.25) is 35.4 Å². The highest BCUT2D eigenvalue weighted by Gasteiger charge is 2.49. The van der Waals surface area contributed by atoms with Crippen LogP contribution in [0.1, 0.15) is 171 Å². The molecule has 2 saturated heterocycles. The Labute approximate surface area is 351 Å². The van der Waals surface area contributed by atoms with Gasteiger partial charge >= 0.3 is 0 Å². The van der Waals surface area contributed by atoms with Crippen molar-refractivity contribution in [2.75, 3.05) is 26.4 Å². The van der Waals surface area contributed by atoms with Crippen molar-refractivity contribution in [2.45, 2.75) is 193 Å². The van der Waals surface area contributed by atoms with E-state index in [1.807, 2.05) is 69.2 Å². The molecule has 0 saturated carbocycles. The number of ether oxygens (including phenoxy) is 2. The van der Waals surface area contributed by atoms with Crippen LogP contribution in [0.2, 0.25) is 0 Å². The molecule has 2 N–H and O–H groups in total. The topological polar surface area (TPSA) is 151 Å². The SMILES string of the molecule is CC1CC(=O)N(CC(C)(C)C(=O)NC(C)(C)CC(C)(C)OCC(C)(C)COCC(C)(C)C(C)(C)CC(C)(C)NC(=O)C(C)(C)CC(C)(C)N2C(=O)CC(C)C2=O)C1=O. The van der Waals surface area contributed by atoms with Gasteiger partial charge in [0.05, 0.1) is 30.8 Å². The summed E-state index contributed by atoms with van der Waals surface area (Å²) < 4.78 is 12.9. The lowest BCUT2D eigenvalue weighted by Crippen LogP contribution is -2.56. The van der Waals surface area contributed by atoms with Gasteiger partial charge in [-0.15, -0.1) is 0 Å². The summed E-state index contributed by atoms with van der Waals surface area (Å²) in [6, 6.07) is 0. The Morgan fingerprint density at radius 2 is 1.05 bits per heavy atom. The van der Waals surface area contributed by atoms with Crippen molar-refractivity contribution in [2.24, 2.45) is 38.9 Å². The number of hydrogen-bond donors (Lipinski definition) is 2. The summed E-state index contributed by atoms with van der Waals surface area (Å²) in [5.74, 6) is -1.87. The molecule has 2 atom stereocenters. The molecule has 6 amide bonds. The molecule has 2 aliphatic rings. The number of nitrogens with zero attached hydrogens (tertiary/aromatic N) is 2. The van der Waals surface area contributed by atoms with Gasteiger partial charge in [-0.3, -0.25) is 38.6 Å². The first-order chi connectivity index (χ1) is 25.7. The summed E-state index contributed by atoms with van der Waals surface area (Å²) >= 11 is 0. The number of carbonyl (C=O) groups excluding carboxylic acids is 6. The lowest BCUT2D eigenvalue weighted by atomic mass is 9.63. The molecule has 2 aliphatic heterocycles. The van der Waals surface area contributed by atoms with Crippen molar-refractivity contribution in [3.05, 3.63) is 0 Å². The van der Waals surface area contributed by atoms with Crippen LogP contribution in [-0.4, -0.2) is 93.8 Å². The first kappa shape index (κ1) is 51.3. The van der Waals surface area contributed by atoms with Crippen molar-refractivity contribution in [1.29, 1.82) is 0 Å². The van der Waals surface area contributed by atoms with Crippen molar-refractivity contribution in [3.8, 4) is 0 Å². The largest absolute Gasteiger partial charge is 0.380 e. The average Bonchev–Trinajstić information content (AvgIpc) is 3.39. The van der Waals surface area contributed by atoms with Crippen LogP contribution < -0.4 is 10.6 Å². The van der Waals surface area contributed by atoms with Crippen LogP contribution in [0.3, 0.4) is 0 Å². The maximum Gasteiger partial charge on any atom is 0.233 e. The van der Waals surface area contributed by atoms with Gasteiger partial charge < -0.3 is 20.1 Å². The van der Waals surface area contributed by atoms with Crippen molar-refractivity contribution in [1.82, 2.24) is 20.4 Å². The Morgan fingerprint density at radius 1 is 0.586 bits per heavy atom. The molecular formula is C46H82N4O8. The normalized spacial score (nSPS) is 19.7. The van der Waals surface area contributed by atoms with E-state index < -0.39 is 33.0 Å². The van der Waals surface area contributed by atoms with E-state index in [1.165, 1.54) is 9.80 Å². The van der Waals surface area contributed by atoms with Crippen molar-refractivity contribution >= 4 is 35.4 Å². The van der Waals surface area contributed by atoms with Crippen LogP contribution in [0, 0.1) is 38.9 Å². The van der Waals surface area contributed by atoms with Gasteiger partial charge in [0.25, 0.3) is 0 Å². The Morgan fingerprint density at radius 3 is 1.52 bits per heavy atom. The van der Waals surface area contributed by atoms with Crippen molar-refractivity contribution < 1.29 is 38.2 Å². The van der Waals surface area contributed by atoms with Crippen LogP contribution in [-0.2, 0) is 38.2 Å². The van der Waals surface area contributed by atoms with E-state index in [2.05, 4.69) is 52.2 Å².